The third-order valence-corrected chi connectivity index (χ3v) is 4.99. The minimum Gasteiger partial charge on any atom is -0.348 e. The van der Waals surface area contributed by atoms with Crippen LogP contribution in [0.5, 0.6) is 0 Å². The van der Waals surface area contributed by atoms with Crippen molar-refractivity contribution in [3.05, 3.63) is 77.4 Å². The van der Waals surface area contributed by atoms with E-state index in [1.807, 2.05) is 57.5 Å². The van der Waals surface area contributed by atoms with Gasteiger partial charge in [0.1, 0.15) is 5.69 Å². The molecule has 0 bridgehead atoms. The summed E-state index contributed by atoms with van der Waals surface area (Å²) in [5.41, 5.74) is 4.71. The monoisotopic (exact) mass is 376 g/mol. The number of amides is 1. The zero-order valence-electron chi connectivity index (χ0n) is 16.9. The largest absolute Gasteiger partial charge is 0.348 e. The second kappa shape index (κ2) is 9.31. The third-order valence-electron chi connectivity index (χ3n) is 4.99. The van der Waals surface area contributed by atoms with Gasteiger partial charge in [0.2, 0.25) is 0 Å². The van der Waals surface area contributed by atoms with Crippen molar-refractivity contribution < 1.29 is 4.79 Å². The molecule has 28 heavy (non-hydrogen) atoms. The molecular weight excluding hydrogens is 348 g/mol. The van der Waals surface area contributed by atoms with E-state index in [4.69, 9.17) is 0 Å². The summed E-state index contributed by atoms with van der Waals surface area (Å²) < 4.78 is 1.80. The van der Waals surface area contributed by atoms with Gasteiger partial charge in [-0.1, -0.05) is 30.4 Å². The highest BCUT2D eigenvalue weighted by atomic mass is 16.1. The first-order valence-electron chi connectivity index (χ1n) is 9.82. The number of carbonyl (C=O) groups is 1. The van der Waals surface area contributed by atoms with Crippen LogP contribution >= 0.6 is 0 Å². The number of nitrogens with zero attached hydrogens (tertiary/aromatic N) is 3. The number of rotatable bonds is 7. The lowest BCUT2D eigenvalue weighted by Gasteiger charge is -2.26. The van der Waals surface area contributed by atoms with Crippen molar-refractivity contribution in [3.63, 3.8) is 0 Å². The Balaban J connectivity index is 1.68. The van der Waals surface area contributed by atoms with Gasteiger partial charge in [0, 0.05) is 31.1 Å². The van der Waals surface area contributed by atoms with E-state index in [0.717, 1.165) is 41.7 Å². The topological polar surface area (TPSA) is 59.8 Å². The molecule has 5 heteroatoms. The molecular formula is C23H28N4O. The van der Waals surface area contributed by atoms with Gasteiger partial charge in [0.25, 0.3) is 5.91 Å². The number of aromatic nitrogens is 3. The van der Waals surface area contributed by atoms with Crippen molar-refractivity contribution in [2.45, 2.75) is 45.6 Å². The quantitative estimate of drug-likeness (QED) is 0.738. The van der Waals surface area contributed by atoms with Crippen molar-refractivity contribution in [1.29, 1.82) is 0 Å². The SMILES string of the molecule is C\C=C/C(=C\C=C\Cc1cc(C(=O)NC2CCC2)ncc1C)c1ccn(C)n1. The van der Waals surface area contributed by atoms with Crippen LogP contribution in [0, 0.1) is 6.92 Å². The Labute approximate surface area is 166 Å². The van der Waals surface area contributed by atoms with Crippen molar-refractivity contribution in [2.24, 2.45) is 7.05 Å². The number of nitrogens with one attached hydrogen (secondary N) is 1. The second-order valence-electron chi connectivity index (χ2n) is 7.23. The summed E-state index contributed by atoms with van der Waals surface area (Å²) >= 11 is 0. The van der Waals surface area contributed by atoms with Gasteiger partial charge >= 0.3 is 0 Å². The Morgan fingerprint density at radius 2 is 2.18 bits per heavy atom. The fourth-order valence-electron chi connectivity index (χ4n) is 3.06. The van der Waals surface area contributed by atoms with Crippen molar-refractivity contribution in [1.82, 2.24) is 20.1 Å². The number of hydrogen-bond donors (Lipinski definition) is 1. The van der Waals surface area contributed by atoms with E-state index in [9.17, 15) is 4.79 Å². The minimum absolute atomic E-state index is 0.0691. The molecule has 1 fully saturated rings. The lowest BCUT2D eigenvalue weighted by atomic mass is 9.93. The molecule has 0 aromatic carbocycles. The Hall–Kier alpha value is -2.95. The van der Waals surface area contributed by atoms with E-state index in [-0.39, 0.29) is 5.91 Å². The number of pyridine rings is 1. The van der Waals surface area contributed by atoms with Crippen molar-refractivity contribution in [2.75, 3.05) is 0 Å². The third kappa shape index (κ3) is 5.06. The van der Waals surface area contributed by atoms with E-state index >= 15 is 0 Å². The molecule has 0 spiro atoms. The molecule has 1 amide bonds. The van der Waals surface area contributed by atoms with Crippen molar-refractivity contribution >= 4 is 11.5 Å². The van der Waals surface area contributed by atoms with Gasteiger partial charge in [-0.25, -0.2) is 0 Å². The maximum atomic E-state index is 12.3. The average molecular weight is 377 g/mol. The molecule has 1 N–H and O–H groups in total. The Bertz CT molecular complexity index is 916. The highest BCUT2D eigenvalue weighted by molar-refractivity contribution is 5.92. The van der Waals surface area contributed by atoms with Crippen LogP contribution in [0.4, 0.5) is 0 Å². The molecule has 146 valence electrons. The molecule has 0 aliphatic heterocycles. The van der Waals surface area contributed by atoms with Gasteiger partial charge in [-0.05, 0) is 62.8 Å². The van der Waals surface area contributed by atoms with Crippen LogP contribution in [-0.4, -0.2) is 26.7 Å². The van der Waals surface area contributed by atoms with Crippen LogP contribution in [0.3, 0.4) is 0 Å². The number of allylic oxidation sites excluding steroid dienone is 6. The molecule has 5 nitrogen and oxygen atoms in total. The Kier molecular flexibility index (Phi) is 6.58. The summed E-state index contributed by atoms with van der Waals surface area (Å²) in [6, 6.07) is 4.23. The number of hydrogen-bond acceptors (Lipinski definition) is 3. The van der Waals surface area contributed by atoms with Gasteiger partial charge in [0.05, 0.1) is 5.69 Å². The van der Waals surface area contributed by atoms with Crippen LogP contribution in [0.1, 0.15) is 53.5 Å². The molecule has 1 aliphatic carbocycles. The molecule has 0 atom stereocenters. The molecule has 0 unspecified atom stereocenters. The van der Waals surface area contributed by atoms with Gasteiger partial charge in [-0.3, -0.25) is 14.5 Å². The highest BCUT2D eigenvalue weighted by Crippen LogP contribution is 2.19. The van der Waals surface area contributed by atoms with E-state index < -0.39 is 0 Å². The van der Waals surface area contributed by atoms with Gasteiger partial charge < -0.3 is 5.32 Å². The standard InChI is InChI=1S/C23H28N4O/c1-4-8-18(21-13-14-27(3)26-21)9-5-6-10-19-15-22(24-16-17(19)2)23(28)25-20-11-7-12-20/h4-6,8-9,13-16,20H,7,10-12H2,1-3H3,(H,25,28)/b6-5+,8-4-,18-9+. The normalized spacial score (nSPS) is 15.3. The first-order chi connectivity index (χ1) is 13.6. The maximum absolute atomic E-state index is 12.3. The van der Waals surface area contributed by atoms with E-state index in [1.165, 1.54) is 6.42 Å². The molecule has 2 aromatic rings. The average Bonchev–Trinajstić information content (AvgIpc) is 3.08. The second-order valence-corrected chi connectivity index (χ2v) is 7.23. The first kappa shape index (κ1) is 19.8. The first-order valence-corrected chi connectivity index (χ1v) is 9.82. The predicted molar refractivity (Wildman–Crippen MR) is 113 cm³/mol. The summed E-state index contributed by atoms with van der Waals surface area (Å²) in [6.07, 6.45) is 18.1. The molecule has 0 radical (unpaired) electrons. The molecule has 2 heterocycles. The molecule has 3 rings (SSSR count). The number of aryl methyl sites for hydroxylation is 2. The zero-order chi connectivity index (χ0) is 19.9. The van der Waals surface area contributed by atoms with Crippen molar-refractivity contribution in [3.8, 4) is 0 Å². The van der Waals surface area contributed by atoms with Crippen LogP contribution in [-0.2, 0) is 13.5 Å². The van der Waals surface area contributed by atoms with Crippen LogP contribution < -0.4 is 5.32 Å². The lowest BCUT2D eigenvalue weighted by Crippen LogP contribution is -2.39. The summed E-state index contributed by atoms with van der Waals surface area (Å²) in [7, 11) is 1.91. The Morgan fingerprint density at radius 1 is 1.36 bits per heavy atom. The fourth-order valence-corrected chi connectivity index (χ4v) is 3.06. The van der Waals surface area contributed by atoms with E-state index in [1.54, 1.807) is 10.9 Å². The van der Waals surface area contributed by atoms with Crippen LogP contribution in [0.15, 0.2) is 54.9 Å². The maximum Gasteiger partial charge on any atom is 0.270 e. The predicted octanol–water partition coefficient (Wildman–Crippen LogP) is 4.16. The summed E-state index contributed by atoms with van der Waals surface area (Å²) in [5.74, 6) is -0.0691. The van der Waals surface area contributed by atoms with E-state index in [0.29, 0.717) is 11.7 Å². The van der Waals surface area contributed by atoms with E-state index in [2.05, 4.69) is 27.6 Å². The highest BCUT2D eigenvalue weighted by Gasteiger charge is 2.20. The van der Waals surface area contributed by atoms with Gasteiger partial charge in [0.15, 0.2) is 0 Å². The van der Waals surface area contributed by atoms with Crippen LogP contribution in [0.2, 0.25) is 0 Å². The minimum atomic E-state index is -0.0691. The molecule has 1 saturated carbocycles. The summed E-state index contributed by atoms with van der Waals surface area (Å²) in [6.45, 7) is 4.02. The molecule has 1 aliphatic rings. The van der Waals surface area contributed by atoms with Gasteiger partial charge in [-0.15, -0.1) is 0 Å². The fraction of sp³-hybridized carbons (Fsp3) is 0.348. The van der Waals surface area contributed by atoms with Gasteiger partial charge in [-0.2, -0.15) is 5.10 Å². The smallest absolute Gasteiger partial charge is 0.270 e. The zero-order valence-corrected chi connectivity index (χ0v) is 16.9. The molecule has 2 aromatic heterocycles. The van der Waals surface area contributed by atoms with Crippen LogP contribution in [0.25, 0.3) is 5.57 Å². The summed E-state index contributed by atoms with van der Waals surface area (Å²) in [4.78, 5) is 16.6. The summed E-state index contributed by atoms with van der Waals surface area (Å²) in [5, 5.41) is 7.51. The lowest BCUT2D eigenvalue weighted by molar-refractivity contribution is 0.0911. The Morgan fingerprint density at radius 3 is 2.82 bits per heavy atom. The molecule has 0 saturated heterocycles. The number of carbonyl (C=O) groups excluding carboxylic acids is 1.